The Bertz CT molecular complexity index is 643. The van der Waals surface area contributed by atoms with Crippen LogP contribution in [0.5, 0.6) is 0 Å². The number of amidine groups is 1. The van der Waals surface area contributed by atoms with Crippen LogP contribution in [0.4, 0.5) is 0 Å². The zero-order chi connectivity index (χ0) is 14.2. The largest absolute Gasteiger partial charge is 0.384 e. The number of aromatic nitrogens is 2. The van der Waals surface area contributed by atoms with E-state index in [0.717, 1.165) is 21.2 Å². The van der Waals surface area contributed by atoms with Crippen LogP contribution in [0.2, 0.25) is 0 Å². The molecule has 1 aromatic carbocycles. The SMILES string of the molecule is Cc1ccc(Sc2c(C(=N)N)c(C)nn2C)c(C)c1. The summed E-state index contributed by atoms with van der Waals surface area (Å²) in [6.07, 6.45) is 0. The Morgan fingerprint density at radius 2 is 2.00 bits per heavy atom. The second-order valence-corrected chi connectivity index (χ2v) is 5.70. The van der Waals surface area contributed by atoms with Gasteiger partial charge in [-0.3, -0.25) is 10.1 Å². The van der Waals surface area contributed by atoms with E-state index in [-0.39, 0.29) is 5.84 Å². The Balaban J connectivity index is 2.46. The molecule has 3 N–H and O–H groups in total. The van der Waals surface area contributed by atoms with Gasteiger partial charge in [-0.1, -0.05) is 29.5 Å². The van der Waals surface area contributed by atoms with Crippen LogP contribution in [0.1, 0.15) is 22.4 Å². The molecule has 0 aliphatic heterocycles. The molecule has 1 aromatic heterocycles. The maximum Gasteiger partial charge on any atom is 0.127 e. The number of nitrogens with two attached hydrogens (primary N) is 1. The summed E-state index contributed by atoms with van der Waals surface area (Å²) in [5, 5.41) is 13.0. The summed E-state index contributed by atoms with van der Waals surface area (Å²) in [5.74, 6) is 0.0675. The first-order valence-corrected chi connectivity index (χ1v) is 6.85. The van der Waals surface area contributed by atoms with Gasteiger partial charge in [0.25, 0.3) is 0 Å². The Labute approximate surface area is 117 Å². The molecule has 0 radical (unpaired) electrons. The van der Waals surface area contributed by atoms with Gasteiger partial charge in [-0.2, -0.15) is 5.10 Å². The summed E-state index contributed by atoms with van der Waals surface area (Å²) in [7, 11) is 1.88. The fraction of sp³-hybridized carbons (Fsp3) is 0.286. The first-order chi connectivity index (χ1) is 8.90. The molecule has 100 valence electrons. The summed E-state index contributed by atoms with van der Waals surface area (Å²) in [4.78, 5) is 1.16. The van der Waals surface area contributed by atoms with Gasteiger partial charge in [0, 0.05) is 11.9 Å². The second-order valence-electron chi connectivity index (χ2n) is 4.67. The van der Waals surface area contributed by atoms with Crippen molar-refractivity contribution in [3.8, 4) is 0 Å². The van der Waals surface area contributed by atoms with Gasteiger partial charge in [0.2, 0.25) is 0 Å². The molecule has 1 heterocycles. The number of benzene rings is 1. The normalized spacial score (nSPS) is 10.7. The third kappa shape index (κ3) is 2.66. The summed E-state index contributed by atoms with van der Waals surface area (Å²) >= 11 is 1.60. The van der Waals surface area contributed by atoms with Crippen molar-refractivity contribution in [1.29, 1.82) is 5.41 Å². The number of hydrogen-bond acceptors (Lipinski definition) is 3. The predicted octanol–water partition coefficient (Wildman–Crippen LogP) is 2.78. The lowest BCUT2D eigenvalue weighted by Gasteiger charge is -2.08. The minimum Gasteiger partial charge on any atom is -0.384 e. The van der Waals surface area contributed by atoms with Crippen molar-refractivity contribution in [2.24, 2.45) is 12.8 Å². The fourth-order valence-corrected chi connectivity index (χ4v) is 3.18. The smallest absolute Gasteiger partial charge is 0.127 e. The van der Waals surface area contributed by atoms with Crippen LogP contribution in [0.3, 0.4) is 0 Å². The minimum atomic E-state index is 0.0675. The predicted molar refractivity (Wildman–Crippen MR) is 79.0 cm³/mol. The van der Waals surface area contributed by atoms with Crippen molar-refractivity contribution < 1.29 is 0 Å². The van der Waals surface area contributed by atoms with Gasteiger partial charge < -0.3 is 5.73 Å². The van der Waals surface area contributed by atoms with E-state index in [1.165, 1.54) is 11.1 Å². The molecule has 0 saturated carbocycles. The molecule has 5 heteroatoms. The van der Waals surface area contributed by atoms with Crippen molar-refractivity contribution in [1.82, 2.24) is 9.78 Å². The highest BCUT2D eigenvalue weighted by Gasteiger charge is 2.17. The van der Waals surface area contributed by atoms with Gasteiger partial charge in [-0.25, -0.2) is 0 Å². The maximum atomic E-state index is 7.70. The number of nitrogens with one attached hydrogen (secondary N) is 1. The molecular weight excluding hydrogens is 256 g/mol. The van der Waals surface area contributed by atoms with Crippen molar-refractivity contribution in [3.05, 3.63) is 40.6 Å². The van der Waals surface area contributed by atoms with Crippen molar-refractivity contribution in [2.45, 2.75) is 30.7 Å². The van der Waals surface area contributed by atoms with E-state index in [4.69, 9.17) is 11.1 Å². The topological polar surface area (TPSA) is 67.7 Å². The maximum absolute atomic E-state index is 7.70. The molecular formula is C14H18N4S. The van der Waals surface area contributed by atoms with Crippen LogP contribution in [0.25, 0.3) is 0 Å². The molecule has 0 aliphatic rings. The van der Waals surface area contributed by atoms with Gasteiger partial charge >= 0.3 is 0 Å². The van der Waals surface area contributed by atoms with Gasteiger partial charge in [-0.05, 0) is 32.4 Å². The van der Waals surface area contributed by atoms with Gasteiger partial charge in [-0.15, -0.1) is 0 Å². The monoisotopic (exact) mass is 274 g/mol. The quantitative estimate of drug-likeness (QED) is 0.668. The Morgan fingerprint density at radius 1 is 1.32 bits per heavy atom. The summed E-state index contributed by atoms with van der Waals surface area (Å²) < 4.78 is 1.79. The Hall–Kier alpha value is -1.75. The highest BCUT2D eigenvalue weighted by Crippen LogP contribution is 2.33. The molecule has 0 atom stereocenters. The van der Waals surface area contributed by atoms with Gasteiger partial charge in [0.05, 0.1) is 11.3 Å². The number of aryl methyl sites for hydroxylation is 4. The molecule has 2 aromatic rings. The first kappa shape index (κ1) is 13.7. The average molecular weight is 274 g/mol. The van der Waals surface area contributed by atoms with Gasteiger partial charge in [0.15, 0.2) is 0 Å². The average Bonchev–Trinajstić information content (AvgIpc) is 2.57. The van der Waals surface area contributed by atoms with Crippen molar-refractivity contribution in [2.75, 3.05) is 0 Å². The standard InChI is InChI=1S/C14H18N4S/c1-8-5-6-11(9(2)7-8)19-14-12(13(15)16)10(3)17-18(14)4/h5-7H,1-4H3,(H3,15,16). The minimum absolute atomic E-state index is 0.0675. The van der Waals surface area contributed by atoms with E-state index in [1.54, 1.807) is 16.4 Å². The van der Waals surface area contributed by atoms with E-state index in [9.17, 15) is 0 Å². The third-order valence-corrected chi connectivity index (χ3v) is 4.32. The molecule has 2 rings (SSSR count). The molecule has 0 spiro atoms. The number of nitrogens with zero attached hydrogens (tertiary/aromatic N) is 2. The third-order valence-electron chi connectivity index (χ3n) is 2.98. The Morgan fingerprint density at radius 3 is 2.58 bits per heavy atom. The summed E-state index contributed by atoms with van der Waals surface area (Å²) in [6, 6.07) is 6.34. The van der Waals surface area contributed by atoms with Crippen molar-refractivity contribution >= 4 is 17.6 Å². The Kier molecular flexibility index (Phi) is 3.66. The van der Waals surface area contributed by atoms with Crippen LogP contribution in [-0.4, -0.2) is 15.6 Å². The van der Waals surface area contributed by atoms with Crippen LogP contribution < -0.4 is 5.73 Å². The fourth-order valence-electron chi connectivity index (χ4n) is 2.08. The van der Waals surface area contributed by atoms with Crippen molar-refractivity contribution in [3.63, 3.8) is 0 Å². The molecule has 19 heavy (non-hydrogen) atoms. The van der Waals surface area contributed by atoms with E-state index in [0.29, 0.717) is 0 Å². The molecule has 0 bridgehead atoms. The highest BCUT2D eigenvalue weighted by molar-refractivity contribution is 7.99. The zero-order valence-electron chi connectivity index (χ0n) is 11.6. The van der Waals surface area contributed by atoms with E-state index in [1.807, 2.05) is 14.0 Å². The number of hydrogen-bond donors (Lipinski definition) is 2. The molecule has 0 aliphatic carbocycles. The second kappa shape index (κ2) is 5.09. The van der Waals surface area contributed by atoms with Crippen LogP contribution >= 0.6 is 11.8 Å². The lowest BCUT2D eigenvalue weighted by atomic mass is 10.2. The molecule has 0 saturated heterocycles. The van der Waals surface area contributed by atoms with E-state index in [2.05, 4.69) is 37.1 Å². The number of nitrogen functional groups attached to an aromatic ring is 1. The molecule has 0 unspecified atom stereocenters. The first-order valence-electron chi connectivity index (χ1n) is 6.03. The van der Waals surface area contributed by atoms with Crippen LogP contribution in [0.15, 0.2) is 28.1 Å². The van der Waals surface area contributed by atoms with Gasteiger partial charge in [0.1, 0.15) is 10.9 Å². The van der Waals surface area contributed by atoms with Crippen LogP contribution in [0, 0.1) is 26.2 Å². The van der Waals surface area contributed by atoms with E-state index < -0.39 is 0 Å². The molecule has 4 nitrogen and oxygen atoms in total. The highest BCUT2D eigenvalue weighted by atomic mass is 32.2. The zero-order valence-corrected chi connectivity index (χ0v) is 12.4. The van der Waals surface area contributed by atoms with Crippen LogP contribution in [-0.2, 0) is 7.05 Å². The number of rotatable bonds is 3. The van der Waals surface area contributed by atoms with E-state index >= 15 is 0 Å². The molecule has 0 amide bonds. The molecule has 0 fully saturated rings. The summed E-state index contributed by atoms with van der Waals surface area (Å²) in [6.45, 7) is 6.05. The lowest BCUT2D eigenvalue weighted by Crippen LogP contribution is -2.13. The summed E-state index contributed by atoms with van der Waals surface area (Å²) in [5.41, 5.74) is 9.65. The lowest BCUT2D eigenvalue weighted by molar-refractivity contribution is 0.692.